The van der Waals surface area contributed by atoms with Crippen LogP contribution in [0.5, 0.6) is 0 Å². The Labute approximate surface area is 129 Å². The molecular formula is C16H22BrNO2. The van der Waals surface area contributed by atoms with E-state index < -0.39 is 5.60 Å². The van der Waals surface area contributed by atoms with Gasteiger partial charge in [-0.15, -0.1) is 0 Å². The van der Waals surface area contributed by atoms with Crippen LogP contribution >= 0.6 is 15.9 Å². The molecule has 0 unspecified atom stereocenters. The predicted molar refractivity (Wildman–Crippen MR) is 86.8 cm³/mol. The summed E-state index contributed by atoms with van der Waals surface area (Å²) >= 11 is 3.51. The van der Waals surface area contributed by atoms with Gasteiger partial charge in [0.25, 0.3) is 0 Å². The number of benzene rings is 1. The molecule has 3 nitrogen and oxygen atoms in total. The minimum atomic E-state index is -0.451. The van der Waals surface area contributed by atoms with Crippen LogP contribution in [0.15, 0.2) is 28.7 Å². The van der Waals surface area contributed by atoms with E-state index in [0.29, 0.717) is 6.54 Å². The minimum Gasteiger partial charge on any atom is -0.444 e. The summed E-state index contributed by atoms with van der Waals surface area (Å²) < 4.78 is 6.26. The highest BCUT2D eigenvalue weighted by Gasteiger charge is 2.15. The highest BCUT2D eigenvalue weighted by molar-refractivity contribution is 9.10. The molecule has 1 aromatic carbocycles. The van der Waals surface area contributed by atoms with E-state index in [1.165, 1.54) is 11.1 Å². The first-order valence-corrected chi connectivity index (χ1v) is 7.47. The summed E-state index contributed by atoms with van der Waals surface area (Å²) in [6, 6.07) is 6.10. The number of ether oxygens (including phenoxy) is 1. The second-order valence-corrected chi connectivity index (χ2v) is 6.43. The van der Waals surface area contributed by atoms with E-state index in [1.54, 1.807) is 0 Å². The van der Waals surface area contributed by atoms with Crippen LogP contribution in [0, 0.1) is 6.92 Å². The Morgan fingerprint density at radius 3 is 2.75 bits per heavy atom. The lowest BCUT2D eigenvalue weighted by atomic mass is 10.1. The van der Waals surface area contributed by atoms with E-state index in [2.05, 4.69) is 40.3 Å². The molecule has 0 aliphatic carbocycles. The van der Waals surface area contributed by atoms with Crippen molar-refractivity contribution in [3.63, 3.8) is 0 Å². The van der Waals surface area contributed by atoms with E-state index >= 15 is 0 Å². The van der Waals surface area contributed by atoms with Crippen LogP contribution in [0.2, 0.25) is 0 Å². The zero-order valence-corrected chi connectivity index (χ0v) is 14.1. The van der Waals surface area contributed by atoms with E-state index in [0.717, 1.165) is 10.9 Å². The number of halogens is 1. The second-order valence-electron chi connectivity index (χ2n) is 5.57. The average Bonchev–Trinajstić information content (AvgIpc) is 2.31. The van der Waals surface area contributed by atoms with Gasteiger partial charge in [-0.1, -0.05) is 40.2 Å². The first-order chi connectivity index (χ1) is 9.29. The molecule has 0 aromatic heterocycles. The molecule has 0 aliphatic heterocycles. The first kappa shape index (κ1) is 16.8. The van der Waals surface area contributed by atoms with Gasteiger partial charge in [-0.05, 0) is 51.3 Å². The molecule has 1 rings (SSSR count). The number of hydrogen-bond acceptors (Lipinski definition) is 2. The quantitative estimate of drug-likeness (QED) is 0.808. The highest BCUT2D eigenvalue weighted by atomic mass is 79.9. The monoisotopic (exact) mass is 339 g/mol. The summed E-state index contributed by atoms with van der Waals surface area (Å²) in [6.07, 6.45) is 4.51. The van der Waals surface area contributed by atoms with Crippen molar-refractivity contribution in [2.45, 2.75) is 39.7 Å². The van der Waals surface area contributed by atoms with Gasteiger partial charge in [0.05, 0.1) is 0 Å². The van der Waals surface area contributed by atoms with E-state index in [4.69, 9.17) is 4.74 Å². The van der Waals surface area contributed by atoms with Gasteiger partial charge in [-0.3, -0.25) is 0 Å². The van der Waals surface area contributed by atoms with Gasteiger partial charge in [-0.2, -0.15) is 0 Å². The van der Waals surface area contributed by atoms with Gasteiger partial charge in [0.2, 0.25) is 0 Å². The lowest BCUT2D eigenvalue weighted by Gasteiger charge is -2.19. The van der Waals surface area contributed by atoms with Crippen LogP contribution in [0.25, 0.3) is 6.08 Å². The number of amides is 1. The van der Waals surface area contributed by atoms with Crippen molar-refractivity contribution in [3.8, 4) is 0 Å². The SMILES string of the molecule is Cc1c(Br)cccc1C=CCCNC(=O)OC(C)(C)C. The zero-order chi connectivity index (χ0) is 15.2. The largest absolute Gasteiger partial charge is 0.444 e. The summed E-state index contributed by atoms with van der Waals surface area (Å²) in [7, 11) is 0. The number of carbonyl (C=O) groups is 1. The lowest BCUT2D eigenvalue weighted by molar-refractivity contribution is 0.0529. The van der Waals surface area contributed by atoms with Gasteiger partial charge < -0.3 is 10.1 Å². The summed E-state index contributed by atoms with van der Waals surface area (Å²) in [5.74, 6) is 0. The molecule has 0 spiro atoms. The van der Waals surface area contributed by atoms with Crippen LogP contribution in [-0.4, -0.2) is 18.2 Å². The zero-order valence-electron chi connectivity index (χ0n) is 12.5. The molecule has 0 bridgehead atoms. The van der Waals surface area contributed by atoms with Crippen molar-refractivity contribution < 1.29 is 9.53 Å². The van der Waals surface area contributed by atoms with Crippen molar-refractivity contribution >= 4 is 28.1 Å². The average molecular weight is 340 g/mol. The van der Waals surface area contributed by atoms with E-state index in [9.17, 15) is 4.79 Å². The van der Waals surface area contributed by atoms with Crippen LogP contribution < -0.4 is 5.32 Å². The fourth-order valence-electron chi connectivity index (χ4n) is 1.59. The van der Waals surface area contributed by atoms with Crippen molar-refractivity contribution in [1.29, 1.82) is 0 Å². The Balaban J connectivity index is 2.36. The third-order valence-corrected chi connectivity index (χ3v) is 3.45. The minimum absolute atomic E-state index is 0.371. The first-order valence-electron chi connectivity index (χ1n) is 6.68. The molecule has 0 saturated heterocycles. The van der Waals surface area contributed by atoms with Crippen LogP contribution in [0.3, 0.4) is 0 Å². The fourth-order valence-corrected chi connectivity index (χ4v) is 1.97. The third kappa shape index (κ3) is 6.24. The number of nitrogens with one attached hydrogen (secondary N) is 1. The van der Waals surface area contributed by atoms with Gasteiger partial charge in [0.1, 0.15) is 5.60 Å². The van der Waals surface area contributed by atoms with E-state index in [-0.39, 0.29) is 6.09 Å². The molecule has 110 valence electrons. The maximum Gasteiger partial charge on any atom is 0.407 e. The van der Waals surface area contributed by atoms with E-state index in [1.807, 2.05) is 39.0 Å². The number of alkyl carbamates (subject to hydrolysis) is 1. The number of carbonyl (C=O) groups excluding carboxylic acids is 1. The predicted octanol–water partition coefficient (Wildman–Crippen LogP) is 4.69. The molecule has 0 aliphatic rings. The molecule has 1 aromatic rings. The number of hydrogen-bond donors (Lipinski definition) is 1. The van der Waals surface area contributed by atoms with Crippen LogP contribution in [0.1, 0.15) is 38.3 Å². The topological polar surface area (TPSA) is 38.3 Å². The molecule has 1 amide bonds. The Morgan fingerprint density at radius 1 is 1.40 bits per heavy atom. The maximum absolute atomic E-state index is 11.4. The third-order valence-electron chi connectivity index (χ3n) is 2.59. The molecule has 0 atom stereocenters. The van der Waals surface area contributed by atoms with Gasteiger partial charge in [-0.25, -0.2) is 4.79 Å². The van der Waals surface area contributed by atoms with Gasteiger partial charge in [0, 0.05) is 11.0 Å². The molecule has 20 heavy (non-hydrogen) atoms. The number of rotatable bonds is 4. The maximum atomic E-state index is 11.4. The molecule has 1 N–H and O–H groups in total. The Kier molecular flexibility index (Phi) is 6.27. The smallest absolute Gasteiger partial charge is 0.407 e. The molecule has 0 fully saturated rings. The molecule has 4 heteroatoms. The molecule has 0 saturated carbocycles. The van der Waals surface area contributed by atoms with Crippen molar-refractivity contribution in [2.75, 3.05) is 6.54 Å². The standard InChI is InChI=1S/C16H22BrNO2/c1-12-13(9-7-10-14(12)17)8-5-6-11-18-15(19)20-16(2,3)4/h5,7-10H,6,11H2,1-4H3,(H,18,19). The summed E-state index contributed by atoms with van der Waals surface area (Å²) in [5.41, 5.74) is 1.94. The summed E-state index contributed by atoms with van der Waals surface area (Å²) in [4.78, 5) is 11.4. The Morgan fingerprint density at radius 2 is 2.10 bits per heavy atom. The highest BCUT2D eigenvalue weighted by Crippen LogP contribution is 2.20. The lowest BCUT2D eigenvalue weighted by Crippen LogP contribution is -2.32. The van der Waals surface area contributed by atoms with Crippen molar-refractivity contribution in [3.05, 3.63) is 39.9 Å². The van der Waals surface area contributed by atoms with Crippen molar-refractivity contribution in [2.24, 2.45) is 0 Å². The van der Waals surface area contributed by atoms with Crippen molar-refractivity contribution in [1.82, 2.24) is 5.32 Å². The molecule has 0 heterocycles. The Hall–Kier alpha value is -1.29. The summed E-state index contributed by atoms with van der Waals surface area (Å²) in [6.45, 7) is 8.19. The van der Waals surface area contributed by atoms with Gasteiger partial charge in [0.15, 0.2) is 0 Å². The normalized spacial score (nSPS) is 11.7. The van der Waals surface area contributed by atoms with Crippen LogP contribution in [-0.2, 0) is 4.74 Å². The van der Waals surface area contributed by atoms with Gasteiger partial charge >= 0.3 is 6.09 Å². The Bertz CT molecular complexity index is 490. The second kappa shape index (κ2) is 7.48. The summed E-state index contributed by atoms with van der Waals surface area (Å²) in [5, 5.41) is 2.73. The molecule has 0 radical (unpaired) electrons. The fraction of sp³-hybridized carbons (Fsp3) is 0.438. The molecular weight excluding hydrogens is 318 g/mol. The van der Waals surface area contributed by atoms with Crippen LogP contribution in [0.4, 0.5) is 4.79 Å².